The highest BCUT2D eigenvalue weighted by Crippen LogP contribution is 2.39. The molecule has 7 heteroatoms. The fourth-order valence-electron chi connectivity index (χ4n) is 3.61. The summed E-state index contributed by atoms with van der Waals surface area (Å²) in [7, 11) is 6.03. The molecule has 30 heavy (non-hydrogen) atoms. The molecule has 1 N–H and O–H groups in total. The zero-order valence-electron chi connectivity index (χ0n) is 17.4. The number of ketones is 1. The second-order valence-corrected chi connectivity index (χ2v) is 6.85. The van der Waals surface area contributed by atoms with Crippen LogP contribution in [0.2, 0.25) is 0 Å². The van der Waals surface area contributed by atoms with Crippen molar-refractivity contribution in [3.8, 4) is 17.2 Å². The predicted molar refractivity (Wildman–Crippen MR) is 112 cm³/mol. The maximum absolute atomic E-state index is 12.9. The lowest BCUT2D eigenvalue weighted by molar-refractivity contribution is -0.149. The number of hydrogen-bond acceptors (Lipinski definition) is 7. The first kappa shape index (κ1) is 21.2. The molecule has 0 aromatic heterocycles. The predicted octanol–water partition coefficient (Wildman–Crippen LogP) is 3.55. The van der Waals surface area contributed by atoms with Crippen molar-refractivity contribution in [3.63, 3.8) is 0 Å². The monoisotopic (exact) mass is 411 g/mol. The van der Waals surface area contributed by atoms with Crippen molar-refractivity contribution in [1.29, 1.82) is 0 Å². The molecule has 0 amide bonds. The lowest BCUT2D eigenvalue weighted by Gasteiger charge is -2.29. The van der Waals surface area contributed by atoms with Gasteiger partial charge in [-0.2, -0.15) is 0 Å². The van der Waals surface area contributed by atoms with Gasteiger partial charge in [0.2, 0.25) is 0 Å². The number of anilines is 1. The Labute approximate surface area is 175 Å². The molecule has 2 aromatic carbocycles. The van der Waals surface area contributed by atoms with Crippen LogP contribution < -0.4 is 19.5 Å². The van der Waals surface area contributed by atoms with Crippen molar-refractivity contribution in [2.75, 3.05) is 33.8 Å². The number of nitrogens with one attached hydrogen (secondary N) is 1. The van der Waals surface area contributed by atoms with Crippen molar-refractivity contribution < 1.29 is 28.5 Å². The number of methoxy groups -OCH3 is 4. The van der Waals surface area contributed by atoms with Crippen LogP contribution in [0.5, 0.6) is 17.2 Å². The molecule has 1 aliphatic carbocycles. The third kappa shape index (κ3) is 4.40. The standard InChI is InChI=1S/C23H25NO6/c1-27-16-7-5-14(6-8-16)18-11-15(12-20(25)22(18)23(26)30-4)24-19-13-17(28-2)9-10-21(19)29-3/h5-10,12-13,18,22,24H,11H2,1-4H3. The van der Waals surface area contributed by atoms with Gasteiger partial charge in [-0.1, -0.05) is 12.1 Å². The average Bonchev–Trinajstić information content (AvgIpc) is 2.78. The van der Waals surface area contributed by atoms with E-state index in [-0.39, 0.29) is 11.7 Å². The summed E-state index contributed by atoms with van der Waals surface area (Å²) in [5, 5.41) is 3.26. The molecule has 0 heterocycles. The summed E-state index contributed by atoms with van der Waals surface area (Å²) in [5.74, 6) is -0.166. The molecular formula is C23H25NO6. The van der Waals surface area contributed by atoms with Gasteiger partial charge < -0.3 is 24.3 Å². The van der Waals surface area contributed by atoms with E-state index in [0.29, 0.717) is 35.1 Å². The van der Waals surface area contributed by atoms with E-state index in [0.717, 1.165) is 5.56 Å². The molecule has 0 saturated heterocycles. The fraction of sp³-hybridized carbons (Fsp3) is 0.304. The van der Waals surface area contributed by atoms with Crippen LogP contribution in [0, 0.1) is 5.92 Å². The van der Waals surface area contributed by atoms with E-state index in [2.05, 4.69) is 5.32 Å². The summed E-state index contributed by atoms with van der Waals surface area (Å²) in [6, 6.07) is 12.7. The van der Waals surface area contributed by atoms with Crippen molar-refractivity contribution in [1.82, 2.24) is 0 Å². The van der Waals surface area contributed by atoms with E-state index in [1.165, 1.54) is 13.2 Å². The minimum absolute atomic E-state index is 0.307. The molecule has 2 aromatic rings. The highest BCUT2D eigenvalue weighted by Gasteiger charge is 2.39. The smallest absolute Gasteiger partial charge is 0.317 e. The molecule has 0 fully saturated rings. The van der Waals surface area contributed by atoms with Gasteiger partial charge in [-0.3, -0.25) is 9.59 Å². The largest absolute Gasteiger partial charge is 0.497 e. The van der Waals surface area contributed by atoms with Gasteiger partial charge in [-0.15, -0.1) is 0 Å². The maximum atomic E-state index is 12.9. The summed E-state index contributed by atoms with van der Waals surface area (Å²) < 4.78 is 20.8. The Bertz CT molecular complexity index is 951. The molecule has 7 nitrogen and oxygen atoms in total. The van der Waals surface area contributed by atoms with Gasteiger partial charge >= 0.3 is 5.97 Å². The van der Waals surface area contributed by atoms with Crippen LogP contribution in [0.25, 0.3) is 0 Å². The van der Waals surface area contributed by atoms with Crippen LogP contribution in [-0.2, 0) is 14.3 Å². The first-order chi connectivity index (χ1) is 14.5. The van der Waals surface area contributed by atoms with Crippen LogP contribution in [0.15, 0.2) is 54.2 Å². The van der Waals surface area contributed by atoms with Gasteiger partial charge in [0.25, 0.3) is 0 Å². The fourth-order valence-corrected chi connectivity index (χ4v) is 3.61. The number of hydrogen-bond donors (Lipinski definition) is 1. The molecule has 0 saturated carbocycles. The lowest BCUT2D eigenvalue weighted by atomic mass is 9.76. The van der Waals surface area contributed by atoms with Gasteiger partial charge in [-0.25, -0.2) is 0 Å². The third-order valence-corrected chi connectivity index (χ3v) is 5.17. The molecule has 158 valence electrons. The topological polar surface area (TPSA) is 83.1 Å². The molecule has 3 rings (SSSR count). The third-order valence-electron chi connectivity index (χ3n) is 5.17. The average molecular weight is 411 g/mol. The van der Waals surface area contributed by atoms with E-state index in [4.69, 9.17) is 18.9 Å². The van der Waals surface area contributed by atoms with Gasteiger partial charge in [-0.05, 0) is 36.2 Å². The van der Waals surface area contributed by atoms with E-state index in [1.807, 2.05) is 24.3 Å². The summed E-state index contributed by atoms with van der Waals surface area (Å²) >= 11 is 0. The van der Waals surface area contributed by atoms with Crippen LogP contribution in [-0.4, -0.2) is 40.2 Å². The van der Waals surface area contributed by atoms with Crippen molar-refractivity contribution in [2.24, 2.45) is 5.92 Å². The molecule has 2 unspecified atom stereocenters. The second-order valence-electron chi connectivity index (χ2n) is 6.85. The minimum Gasteiger partial charge on any atom is -0.497 e. The highest BCUT2D eigenvalue weighted by atomic mass is 16.5. The highest BCUT2D eigenvalue weighted by molar-refractivity contribution is 6.07. The Hall–Kier alpha value is -3.48. The van der Waals surface area contributed by atoms with E-state index < -0.39 is 11.9 Å². The number of allylic oxidation sites excluding steroid dienone is 2. The molecule has 0 radical (unpaired) electrons. The second kappa shape index (κ2) is 9.35. The summed E-state index contributed by atoms with van der Waals surface area (Å²) in [4.78, 5) is 25.3. The first-order valence-corrected chi connectivity index (χ1v) is 9.46. The lowest BCUT2D eigenvalue weighted by Crippen LogP contribution is -2.34. The zero-order valence-corrected chi connectivity index (χ0v) is 17.4. The van der Waals surface area contributed by atoms with Gasteiger partial charge in [0, 0.05) is 23.8 Å². The Morgan fingerprint density at radius 3 is 2.20 bits per heavy atom. The number of carbonyl (C=O) groups excluding carboxylic acids is 2. The van der Waals surface area contributed by atoms with E-state index in [1.54, 1.807) is 39.5 Å². The van der Waals surface area contributed by atoms with Gasteiger partial charge in [0.1, 0.15) is 23.2 Å². The van der Waals surface area contributed by atoms with Gasteiger partial charge in [0.05, 0.1) is 34.1 Å². The van der Waals surface area contributed by atoms with E-state index >= 15 is 0 Å². The Kier molecular flexibility index (Phi) is 6.61. The molecule has 2 atom stereocenters. The number of carbonyl (C=O) groups is 2. The quantitative estimate of drug-likeness (QED) is 0.551. The Morgan fingerprint density at radius 2 is 1.60 bits per heavy atom. The zero-order chi connectivity index (χ0) is 21.7. The van der Waals surface area contributed by atoms with Crippen LogP contribution in [0.4, 0.5) is 5.69 Å². The number of esters is 1. The van der Waals surface area contributed by atoms with Crippen molar-refractivity contribution in [3.05, 3.63) is 59.8 Å². The van der Waals surface area contributed by atoms with Crippen LogP contribution in [0.3, 0.4) is 0 Å². The SMILES string of the molecule is COC(=O)C1C(=O)C=C(Nc2cc(OC)ccc2OC)CC1c1ccc(OC)cc1. The minimum atomic E-state index is -0.902. The molecule has 1 aliphatic rings. The van der Waals surface area contributed by atoms with Gasteiger partial charge in [0.15, 0.2) is 5.78 Å². The first-order valence-electron chi connectivity index (χ1n) is 9.46. The molecule has 0 aliphatic heterocycles. The van der Waals surface area contributed by atoms with Crippen LogP contribution in [0.1, 0.15) is 17.9 Å². The Balaban J connectivity index is 1.95. The molecule has 0 spiro atoms. The molecular weight excluding hydrogens is 386 g/mol. The number of rotatable bonds is 7. The summed E-state index contributed by atoms with van der Waals surface area (Å²) in [5.41, 5.74) is 2.19. The van der Waals surface area contributed by atoms with Crippen molar-refractivity contribution >= 4 is 17.4 Å². The summed E-state index contributed by atoms with van der Waals surface area (Å²) in [6.45, 7) is 0. The molecule has 0 bridgehead atoms. The van der Waals surface area contributed by atoms with E-state index in [9.17, 15) is 9.59 Å². The van der Waals surface area contributed by atoms with Crippen LogP contribution >= 0.6 is 0 Å². The summed E-state index contributed by atoms with van der Waals surface area (Å²) in [6.07, 6.45) is 1.90. The normalized spacial score (nSPS) is 18.3. The Morgan fingerprint density at radius 1 is 0.933 bits per heavy atom. The number of benzene rings is 2. The van der Waals surface area contributed by atoms with Crippen molar-refractivity contribution in [2.45, 2.75) is 12.3 Å². The number of ether oxygens (including phenoxy) is 4. The maximum Gasteiger partial charge on any atom is 0.317 e.